The summed E-state index contributed by atoms with van der Waals surface area (Å²) in [4.78, 5) is 11.5. The lowest BCUT2D eigenvalue weighted by molar-refractivity contribution is -0.152. The zero-order valence-electron chi connectivity index (χ0n) is 12.6. The Morgan fingerprint density at radius 2 is 1.77 bits per heavy atom. The number of ether oxygens (including phenoxy) is 2. The van der Waals surface area contributed by atoms with Gasteiger partial charge in [0.25, 0.3) is 0 Å². The van der Waals surface area contributed by atoms with Gasteiger partial charge in [0.05, 0.1) is 6.61 Å². The number of rotatable bonds is 7. The van der Waals surface area contributed by atoms with Gasteiger partial charge in [-0.3, -0.25) is 0 Å². The van der Waals surface area contributed by atoms with Crippen molar-refractivity contribution in [1.82, 2.24) is 0 Å². The first-order valence-corrected chi connectivity index (χ1v) is 7.30. The van der Waals surface area contributed by atoms with Gasteiger partial charge in [0, 0.05) is 6.42 Å². The summed E-state index contributed by atoms with van der Waals surface area (Å²) in [7, 11) is 0. The largest absolute Gasteiger partial charge is 0.489 e. The van der Waals surface area contributed by atoms with E-state index in [1.807, 2.05) is 54.6 Å². The van der Waals surface area contributed by atoms with Crippen LogP contribution in [0.1, 0.15) is 18.1 Å². The van der Waals surface area contributed by atoms with Crippen LogP contribution >= 0.6 is 0 Å². The van der Waals surface area contributed by atoms with Crippen molar-refractivity contribution in [3.8, 4) is 5.75 Å². The van der Waals surface area contributed by atoms with Crippen molar-refractivity contribution in [2.45, 2.75) is 26.1 Å². The molecule has 0 aliphatic heterocycles. The molecule has 0 bridgehead atoms. The first kappa shape index (κ1) is 16.0. The van der Waals surface area contributed by atoms with E-state index in [1.165, 1.54) is 0 Å². The molecule has 1 atom stereocenters. The van der Waals surface area contributed by atoms with Crippen LogP contribution in [-0.4, -0.2) is 23.8 Å². The highest BCUT2D eigenvalue weighted by Gasteiger charge is 2.18. The summed E-state index contributed by atoms with van der Waals surface area (Å²) >= 11 is 0. The fourth-order valence-electron chi connectivity index (χ4n) is 2.08. The van der Waals surface area contributed by atoms with Gasteiger partial charge in [-0.05, 0) is 24.1 Å². The lowest BCUT2D eigenvalue weighted by Gasteiger charge is -2.14. The summed E-state index contributed by atoms with van der Waals surface area (Å²) in [6.07, 6.45) is -1.01. The number of para-hydroxylation sites is 1. The third-order valence-electron chi connectivity index (χ3n) is 3.18. The van der Waals surface area contributed by atoms with Gasteiger partial charge < -0.3 is 14.6 Å². The molecule has 0 aliphatic carbocycles. The highest BCUT2D eigenvalue weighted by Crippen LogP contribution is 2.21. The van der Waals surface area contributed by atoms with Crippen molar-refractivity contribution in [3.05, 3.63) is 65.7 Å². The predicted octanol–water partition coefficient (Wildman–Crippen LogP) is 2.73. The van der Waals surface area contributed by atoms with Crippen molar-refractivity contribution < 1.29 is 19.4 Å². The summed E-state index contributed by atoms with van der Waals surface area (Å²) < 4.78 is 10.6. The molecular formula is C18H20O4. The van der Waals surface area contributed by atoms with Crippen LogP contribution in [0.3, 0.4) is 0 Å². The number of benzene rings is 2. The lowest BCUT2D eigenvalue weighted by atomic mass is 10.1. The van der Waals surface area contributed by atoms with Crippen molar-refractivity contribution in [2.24, 2.45) is 0 Å². The minimum atomic E-state index is -1.18. The predicted molar refractivity (Wildman–Crippen MR) is 83.6 cm³/mol. The summed E-state index contributed by atoms with van der Waals surface area (Å²) in [5, 5.41) is 9.88. The second-order valence-corrected chi connectivity index (χ2v) is 4.85. The van der Waals surface area contributed by atoms with Crippen LogP contribution in [0.25, 0.3) is 0 Å². The molecule has 0 aliphatic rings. The summed E-state index contributed by atoms with van der Waals surface area (Å²) in [6, 6.07) is 17.2. The molecule has 2 aromatic rings. The Labute approximate surface area is 130 Å². The number of carbonyl (C=O) groups excluding carboxylic acids is 1. The molecule has 0 radical (unpaired) electrons. The van der Waals surface area contributed by atoms with Crippen LogP contribution in [0, 0.1) is 0 Å². The molecule has 0 spiro atoms. The molecule has 1 N–H and O–H groups in total. The van der Waals surface area contributed by atoms with Gasteiger partial charge in [0.15, 0.2) is 6.10 Å². The quantitative estimate of drug-likeness (QED) is 0.799. The lowest BCUT2D eigenvalue weighted by Crippen LogP contribution is -2.25. The fourth-order valence-corrected chi connectivity index (χ4v) is 2.08. The SMILES string of the molecule is CCOC(=O)C(O)Cc1ccccc1OCc1ccccc1. The number of hydrogen-bond donors (Lipinski definition) is 1. The van der Waals surface area contributed by atoms with E-state index in [0.29, 0.717) is 12.4 Å². The first-order valence-electron chi connectivity index (χ1n) is 7.30. The van der Waals surface area contributed by atoms with Crippen LogP contribution in [0.5, 0.6) is 5.75 Å². The molecule has 4 nitrogen and oxygen atoms in total. The zero-order chi connectivity index (χ0) is 15.8. The van der Waals surface area contributed by atoms with E-state index in [2.05, 4.69) is 0 Å². The minimum Gasteiger partial charge on any atom is -0.489 e. The Balaban J connectivity index is 2.02. The highest BCUT2D eigenvalue weighted by atomic mass is 16.5. The number of carbonyl (C=O) groups is 1. The number of aliphatic hydroxyl groups is 1. The third-order valence-corrected chi connectivity index (χ3v) is 3.18. The fraction of sp³-hybridized carbons (Fsp3) is 0.278. The van der Waals surface area contributed by atoms with Crippen molar-refractivity contribution >= 4 is 5.97 Å². The van der Waals surface area contributed by atoms with Gasteiger partial charge in [-0.2, -0.15) is 0 Å². The number of aliphatic hydroxyl groups excluding tert-OH is 1. The Bertz CT molecular complexity index is 595. The van der Waals surface area contributed by atoms with Gasteiger partial charge >= 0.3 is 5.97 Å². The van der Waals surface area contributed by atoms with Crippen LogP contribution in [0.4, 0.5) is 0 Å². The van der Waals surface area contributed by atoms with Gasteiger partial charge in [-0.1, -0.05) is 48.5 Å². The molecule has 0 amide bonds. The molecule has 1 unspecified atom stereocenters. The number of esters is 1. The van der Waals surface area contributed by atoms with Crippen molar-refractivity contribution in [3.63, 3.8) is 0 Å². The first-order chi connectivity index (χ1) is 10.7. The van der Waals surface area contributed by atoms with Crippen LogP contribution < -0.4 is 4.74 Å². The average Bonchev–Trinajstić information content (AvgIpc) is 2.55. The second-order valence-electron chi connectivity index (χ2n) is 4.85. The molecule has 4 heteroatoms. The highest BCUT2D eigenvalue weighted by molar-refractivity contribution is 5.74. The van der Waals surface area contributed by atoms with Crippen LogP contribution in [-0.2, 0) is 22.6 Å². The minimum absolute atomic E-state index is 0.170. The molecular weight excluding hydrogens is 280 g/mol. The zero-order valence-corrected chi connectivity index (χ0v) is 12.6. The maximum atomic E-state index is 11.5. The van der Waals surface area contributed by atoms with E-state index in [0.717, 1.165) is 11.1 Å². The maximum Gasteiger partial charge on any atom is 0.335 e. The molecule has 2 aromatic carbocycles. The van der Waals surface area contributed by atoms with E-state index in [9.17, 15) is 9.90 Å². The Hall–Kier alpha value is -2.33. The molecule has 2 rings (SSSR count). The summed E-state index contributed by atoms with van der Waals surface area (Å²) in [5.74, 6) is 0.0510. The standard InChI is InChI=1S/C18H20O4/c1-2-21-18(20)16(19)12-15-10-6-7-11-17(15)22-13-14-8-4-3-5-9-14/h3-11,16,19H,2,12-13H2,1H3. The molecule has 22 heavy (non-hydrogen) atoms. The summed E-state index contributed by atoms with van der Waals surface area (Å²) in [6.45, 7) is 2.40. The number of hydrogen-bond acceptors (Lipinski definition) is 4. The van der Waals surface area contributed by atoms with Crippen LogP contribution in [0.2, 0.25) is 0 Å². The van der Waals surface area contributed by atoms with E-state index < -0.39 is 12.1 Å². The maximum absolute atomic E-state index is 11.5. The van der Waals surface area contributed by atoms with Gasteiger partial charge in [-0.25, -0.2) is 4.79 Å². The molecule has 0 saturated carbocycles. The van der Waals surface area contributed by atoms with E-state index >= 15 is 0 Å². The van der Waals surface area contributed by atoms with Crippen LogP contribution in [0.15, 0.2) is 54.6 Å². The molecule has 116 valence electrons. The second kappa shape index (κ2) is 8.20. The van der Waals surface area contributed by atoms with E-state index in [4.69, 9.17) is 9.47 Å². The normalized spacial score (nSPS) is 11.7. The average molecular weight is 300 g/mol. The van der Waals surface area contributed by atoms with E-state index in [-0.39, 0.29) is 13.0 Å². The molecule has 0 aromatic heterocycles. The summed E-state index contributed by atoms with van der Waals surface area (Å²) in [5.41, 5.74) is 1.84. The monoisotopic (exact) mass is 300 g/mol. The van der Waals surface area contributed by atoms with Gasteiger partial charge in [0.2, 0.25) is 0 Å². The van der Waals surface area contributed by atoms with Gasteiger partial charge in [-0.15, -0.1) is 0 Å². The topological polar surface area (TPSA) is 55.8 Å². The Morgan fingerprint density at radius 1 is 1.09 bits per heavy atom. The van der Waals surface area contributed by atoms with E-state index in [1.54, 1.807) is 6.92 Å². The van der Waals surface area contributed by atoms with Crippen molar-refractivity contribution in [2.75, 3.05) is 6.61 Å². The molecule has 0 heterocycles. The Morgan fingerprint density at radius 3 is 2.50 bits per heavy atom. The third kappa shape index (κ3) is 4.60. The molecule has 0 saturated heterocycles. The Kier molecular flexibility index (Phi) is 5.98. The molecule has 0 fully saturated rings. The smallest absolute Gasteiger partial charge is 0.335 e. The van der Waals surface area contributed by atoms with Gasteiger partial charge in [0.1, 0.15) is 12.4 Å². The van der Waals surface area contributed by atoms with Crippen molar-refractivity contribution in [1.29, 1.82) is 0 Å².